The largest absolute Gasteiger partial charge is 0.493 e. The zero-order chi connectivity index (χ0) is 26.0. The Morgan fingerprint density at radius 3 is 2.14 bits per heavy atom. The summed E-state index contributed by atoms with van der Waals surface area (Å²) in [5, 5.41) is 4.00. The zero-order valence-electron chi connectivity index (χ0n) is 20.5. The number of carbonyl (C=O) groups excluding carboxylic acids is 2. The van der Waals surface area contributed by atoms with Crippen molar-refractivity contribution in [3.63, 3.8) is 0 Å². The van der Waals surface area contributed by atoms with E-state index in [4.69, 9.17) is 14.2 Å². The first-order valence-electron chi connectivity index (χ1n) is 11.6. The van der Waals surface area contributed by atoms with E-state index < -0.39 is 18.0 Å². The second kappa shape index (κ2) is 12.2. The van der Waals surface area contributed by atoms with Crippen molar-refractivity contribution in [1.29, 1.82) is 0 Å². The Kier molecular flexibility index (Phi) is 8.29. The van der Waals surface area contributed by atoms with E-state index in [-0.39, 0.29) is 5.75 Å². The minimum atomic E-state index is -0.756. The van der Waals surface area contributed by atoms with Gasteiger partial charge in [-0.2, -0.15) is 5.10 Å². The molecule has 7 heteroatoms. The van der Waals surface area contributed by atoms with Gasteiger partial charge in [0.15, 0.2) is 17.6 Å². The molecule has 37 heavy (non-hydrogen) atoms. The molecule has 1 unspecified atom stereocenters. The fraction of sp³-hybridized carbons (Fsp3) is 0.100. The summed E-state index contributed by atoms with van der Waals surface area (Å²) in [5.74, 6) is 0.324. The molecule has 4 rings (SSSR count). The molecule has 0 aliphatic rings. The van der Waals surface area contributed by atoms with E-state index in [1.165, 1.54) is 13.3 Å². The van der Waals surface area contributed by atoms with Crippen molar-refractivity contribution >= 4 is 18.1 Å². The third-order valence-corrected chi connectivity index (χ3v) is 5.43. The molecule has 0 spiro atoms. The number of nitrogens with one attached hydrogen (secondary N) is 1. The van der Waals surface area contributed by atoms with Crippen LogP contribution in [0.4, 0.5) is 0 Å². The Labute approximate surface area is 215 Å². The van der Waals surface area contributed by atoms with Gasteiger partial charge in [0, 0.05) is 0 Å². The molecule has 0 radical (unpaired) electrons. The average molecular weight is 495 g/mol. The second-order valence-corrected chi connectivity index (χ2v) is 8.05. The van der Waals surface area contributed by atoms with Gasteiger partial charge < -0.3 is 14.2 Å². The Bertz CT molecular complexity index is 1370. The SMILES string of the molecule is COc1cc(/C=N/NC(=O)C(C)Oc2ccc(-c3ccccc3)cc2)ccc1OC(=O)c1ccccc1. The highest BCUT2D eigenvalue weighted by atomic mass is 16.6. The van der Waals surface area contributed by atoms with Crippen molar-refractivity contribution in [2.75, 3.05) is 7.11 Å². The molecule has 1 atom stereocenters. The van der Waals surface area contributed by atoms with Gasteiger partial charge in [-0.3, -0.25) is 4.79 Å². The molecule has 0 aromatic heterocycles. The third-order valence-electron chi connectivity index (χ3n) is 5.43. The zero-order valence-corrected chi connectivity index (χ0v) is 20.5. The normalized spacial score (nSPS) is 11.5. The number of esters is 1. The summed E-state index contributed by atoms with van der Waals surface area (Å²) in [6, 6.07) is 31.2. The number of methoxy groups -OCH3 is 1. The van der Waals surface area contributed by atoms with Gasteiger partial charge in [-0.15, -0.1) is 0 Å². The average Bonchev–Trinajstić information content (AvgIpc) is 2.95. The first-order valence-corrected chi connectivity index (χ1v) is 11.6. The number of ether oxygens (including phenoxy) is 3. The summed E-state index contributed by atoms with van der Waals surface area (Å²) >= 11 is 0. The minimum absolute atomic E-state index is 0.276. The molecule has 4 aromatic rings. The molecule has 7 nitrogen and oxygen atoms in total. The highest BCUT2D eigenvalue weighted by Gasteiger charge is 2.15. The van der Waals surface area contributed by atoms with Crippen molar-refractivity contribution in [2.45, 2.75) is 13.0 Å². The molecule has 4 aromatic carbocycles. The predicted molar refractivity (Wildman–Crippen MR) is 142 cm³/mol. The van der Waals surface area contributed by atoms with Crippen LogP contribution in [0.15, 0.2) is 108 Å². The van der Waals surface area contributed by atoms with Crippen molar-refractivity contribution < 1.29 is 23.8 Å². The van der Waals surface area contributed by atoms with E-state index >= 15 is 0 Å². The van der Waals surface area contributed by atoms with Crippen LogP contribution in [-0.4, -0.2) is 31.3 Å². The van der Waals surface area contributed by atoms with E-state index in [0.29, 0.717) is 22.6 Å². The highest BCUT2D eigenvalue weighted by molar-refractivity contribution is 5.91. The van der Waals surface area contributed by atoms with Crippen LogP contribution < -0.4 is 19.6 Å². The highest BCUT2D eigenvalue weighted by Crippen LogP contribution is 2.28. The van der Waals surface area contributed by atoms with Gasteiger partial charge >= 0.3 is 5.97 Å². The van der Waals surface area contributed by atoms with E-state index in [0.717, 1.165) is 11.1 Å². The molecule has 186 valence electrons. The molecule has 0 fully saturated rings. The van der Waals surface area contributed by atoms with Gasteiger partial charge in [-0.25, -0.2) is 10.2 Å². The van der Waals surface area contributed by atoms with Crippen LogP contribution in [0.2, 0.25) is 0 Å². The Balaban J connectivity index is 1.31. The molecule has 1 amide bonds. The first-order chi connectivity index (χ1) is 18.0. The summed E-state index contributed by atoms with van der Waals surface area (Å²) in [6.45, 7) is 1.65. The topological polar surface area (TPSA) is 86.2 Å². The van der Waals surface area contributed by atoms with Crippen molar-refractivity contribution in [3.8, 4) is 28.4 Å². The van der Waals surface area contributed by atoms with E-state index in [2.05, 4.69) is 10.5 Å². The summed E-state index contributed by atoms with van der Waals surface area (Å²) < 4.78 is 16.5. The fourth-order valence-corrected chi connectivity index (χ4v) is 3.46. The number of benzene rings is 4. The first kappa shape index (κ1) is 25.2. The molecule has 0 saturated carbocycles. The van der Waals surface area contributed by atoms with Gasteiger partial charge in [0.05, 0.1) is 18.9 Å². The maximum atomic E-state index is 12.4. The number of hydrogen-bond donors (Lipinski definition) is 1. The number of hydrazone groups is 1. The van der Waals surface area contributed by atoms with Crippen LogP contribution >= 0.6 is 0 Å². The van der Waals surface area contributed by atoms with Crippen LogP contribution in [0.3, 0.4) is 0 Å². The maximum absolute atomic E-state index is 12.4. The molecule has 0 aliphatic carbocycles. The molecule has 1 N–H and O–H groups in total. The molecule has 0 heterocycles. The lowest BCUT2D eigenvalue weighted by atomic mass is 10.1. The number of carbonyl (C=O) groups is 2. The van der Waals surface area contributed by atoms with Crippen molar-refractivity contribution in [2.24, 2.45) is 5.10 Å². The van der Waals surface area contributed by atoms with Gasteiger partial charge in [-0.1, -0.05) is 60.7 Å². The monoisotopic (exact) mass is 494 g/mol. The maximum Gasteiger partial charge on any atom is 0.343 e. The molecular formula is C30H26N2O5. The fourth-order valence-electron chi connectivity index (χ4n) is 3.46. The molecule has 0 aliphatic heterocycles. The second-order valence-electron chi connectivity index (χ2n) is 8.05. The third kappa shape index (κ3) is 6.82. The Morgan fingerprint density at radius 1 is 0.811 bits per heavy atom. The molecular weight excluding hydrogens is 468 g/mol. The summed E-state index contributed by atoms with van der Waals surface area (Å²) in [6.07, 6.45) is 0.707. The van der Waals surface area contributed by atoms with Crippen LogP contribution in [-0.2, 0) is 4.79 Å². The van der Waals surface area contributed by atoms with E-state index in [1.807, 2.05) is 60.7 Å². The number of amides is 1. The molecule has 0 saturated heterocycles. The number of nitrogens with zero attached hydrogens (tertiary/aromatic N) is 1. The van der Waals surface area contributed by atoms with Gasteiger partial charge in [0.25, 0.3) is 5.91 Å². The smallest absolute Gasteiger partial charge is 0.343 e. The van der Waals surface area contributed by atoms with Crippen LogP contribution in [0.5, 0.6) is 17.2 Å². The van der Waals surface area contributed by atoms with E-state index in [1.54, 1.807) is 49.4 Å². The van der Waals surface area contributed by atoms with Crippen LogP contribution in [0.1, 0.15) is 22.8 Å². The van der Waals surface area contributed by atoms with Crippen molar-refractivity contribution in [1.82, 2.24) is 5.43 Å². The quantitative estimate of drug-likeness (QED) is 0.144. The Hall–Kier alpha value is -4.91. The lowest BCUT2D eigenvalue weighted by molar-refractivity contribution is -0.127. The lowest BCUT2D eigenvalue weighted by Crippen LogP contribution is -2.33. The van der Waals surface area contributed by atoms with Gasteiger partial charge in [0.1, 0.15) is 5.75 Å². The Morgan fingerprint density at radius 2 is 1.46 bits per heavy atom. The number of hydrogen-bond acceptors (Lipinski definition) is 6. The summed E-state index contributed by atoms with van der Waals surface area (Å²) in [7, 11) is 1.48. The number of rotatable bonds is 9. The van der Waals surface area contributed by atoms with Crippen LogP contribution in [0, 0.1) is 0 Å². The summed E-state index contributed by atoms with van der Waals surface area (Å²) in [4.78, 5) is 24.8. The predicted octanol–water partition coefficient (Wildman–Crippen LogP) is 5.50. The van der Waals surface area contributed by atoms with E-state index in [9.17, 15) is 9.59 Å². The molecule has 0 bridgehead atoms. The van der Waals surface area contributed by atoms with Crippen molar-refractivity contribution in [3.05, 3.63) is 114 Å². The minimum Gasteiger partial charge on any atom is -0.493 e. The standard InChI is InChI=1S/C30H26N2O5/c1-21(36-26-16-14-24(15-17-26)23-9-5-3-6-10-23)29(33)32-31-20-22-13-18-27(28(19-22)35-2)37-30(34)25-11-7-4-8-12-25/h3-21H,1-2H3,(H,32,33)/b31-20+. The lowest BCUT2D eigenvalue weighted by Gasteiger charge is -2.13. The van der Waals surface area contributed by atoms with Gasteiger partial charge in [-0.05, 0) is 66.1 Å². The van der Waals surface area contributed by atoms with Gasteiger partial charge in [0.2, 0.25) is 0 Å². The van der Waals surface area contributed by atoms with Crippen LogP contribution in [0.25, 0.3) is 11.1 Å². The summed E-state index contributed by atoms with van der Waals surface area (Å²) in [5.41, 5.74) is 5.71.